The summed E-state index contributed by atoms with van der Waals surface area (Å²) < 4.78 is 20.8. The molecule has 0 aliphatic heterocycles. The van der Waals surface area contributed by atoms with Crippen LogP contribution in [0.4, 0.5) is 0 Å². The smallest absolute Gasteiger partial charge is 0.119 e. The minimum Gasteiger partial charge on any atom is -0.491 e. The number of aliphatic hydroxyl groups excluding tert-OH is 2. The van der Waals surface area contributed by atoms with Crippen molar-refractivity contribution in [3.8, 4) is 11.5 Å². The highest BCUT2D eigenvalue weighted by molar-refractivity contribution is 5.21. The van der Waals surface area contributed by atoms with Crippen LogP contribution in [-0.2, 0) is 9.47 Å². The van der Waals surface area contributed by atoms with Crippen LogP contribution in [0.15, 0.2) is 60.7 Å². The molecule has 5 rings (SSSR count). The van der Waals surface area contributed by atoms with Crippen LogP contribution in [0.2, 0.25) is 0 Å². The summed E-state index contributed by atoms with van der Waals surface area (Å²) >= 11 is 0. The molecule has 0 spiro atoms. The van der Waals surface area contributed by atoms with Crippen LogP contribution in [0, 0.1) is 23.7 Å². The van der Waals surface area contributed by atoms with Gasteiger partial charge in [-0.2, -0.15) is 0 Å². The maximum Gasteiger partial charge on any atom is 0.119 e. The van der Waals surface area contributed by atoms with Crippen molar-refractivity contribution in [1.82, 2.24) is 0 Å². The van der Waals surface area contributed by atoms with E-state index in [1.54, 1.807) is 38.5 Å². The molecule has 0 radical (unpaired) electrons. The molecule has 3 aliphatic carbocycles. The van der Waals surface area contributed by atoms with Crippen molar-refractivity contribution < 1.29 is 29.2 Å². The first-order valence-electron chi connectivity index (χ1n) is 14.5. The van der Waals surface area contributed by atoms with Gasteiger partial charge in [0.05, 0.1) is 13.2 Å². The lowest BCUT2D eigenvalue weighted by molar-refractivity contribution is 0.0164. The van der Waals surface area contributed by atoms with Crippen molar-refractivity contribution in [3.05, 3.63) is 60.7 Å². The molecule has 0 saturated heterocycles. The highest BCUT2D eigenvalue weighted by atomic mass is 16.5. The molecule has 2 bridgehead atoms. The molecule has 2 aromatic rings. The second kappa shape index (κ2) is 17.5. The average Bonchev–Trinajstić information content (AvgIpc) is 3.71. The quantitative estimate of drug-likeness (QED) is 0.365. The molecule has 0 aromatic heterocycles. The molecule has 2 aromatic carbocycles. The van der Waals surface area contributed by atoms with Crippen molar-refractivity contribution in [3.63, 3.8) is 0 Å². The standard InChI is InChI=1S/2C11H16O3.C10H16/c2*1-2-13-8-10(12)9-14-11-6-4-3-5-7-11;1-2-9-7-4-5-8(6-7)10(9)3-1/h2*3-7,10,12H,2,8-9H2,1H3;7-10H,1-6H2. The van der Waals surface area contributed by atoms with E-state index in [1.165, 1.54) is 23.7 Å². The first-order valence-corrected chi connectivity index (χ1v) is 14.5. The van der Waals surface area contributed by atoms with E-state index in [9.17, 15) is 10.2 Å². The van der Waals surface area contributed by atoms with Gasteiger partial charge in [-0.3, -0.25) is 0 Å². The first kappa shape index (κ1) is 30.4. The minimum absolute atomic E-state index is 0.268. The summed E-state index contributed by atoms with van der Waals surface area (Å²) in [6.07, 6.45) is 8.41. The van der Waals surface area contributed by atoms with Gasteiger partial charge in [0.15, 0.2) is 0 Å². The number of hydrogen-bond donors (Lipinski definition) is 2. The second-order valence-corrected chi connectivity index (χ2v) is 10.5. The van der Waals surface area contributed by atoms with E-state index in [1.807, 2.05) is 74.5 Å². The van der Waals surface area contributed by atoms with Gasteiger partial charge < -0.3 is 29.2 Å². The third kappa shape index (κ3) is 10.6. The zero-order valence-corrected chi connectivity index (χ0v) is 23.3. The zero-order valence-electron chi connectivity index (χ0n) is 23.3. The van der Waals surface area contributed by atoms with Crippen LogP contribution in [0.5, 0.6) is 11.5 Å². The van der Waals surface area contributed by atoms with Gasteiger partial charge in [0.25, 0.3) is 0 Å². The van der Waals surface area contributed by atoms with Crippen LogP contribution in [0.1, 0.15) is 52.4 Å². The number of ether oxygens (including phenoxy) is 4. The summed E-state index contributed by atoms with van der Waals surface area (Å²) in [5, 5.41) is 18.8. The Kier molecular flexibility index (Phi) is 14.0. The van der Waals surface area contributed by atoms with Crippen LogP contribution in [-0.4, -0.2) is 62.1 Å². The number of benzene rings is 2. The van der Waals surface area contributed by atoms with E-state index in [2.05, 4.69) is 0 Å². The fourth-order valence-electron chi connectivity index (χ4n) is 6.04. The summed E-state index contributed by atoms with van der Waals surface area (Å²) in [5.41, 5.74) is 0. The van der Waals surface area contributed by atoms with Crippen molar-refractivity contribution in [2.24, 2.45) is 23.7 Å². The van der Waals surface area contributed by atoms with Crippen LogP contribution in [0.3, 0.4) is 0 Å². The van der Waals surface area contributed by atoms with Gasteiger partial charge in [-0.25, -0.2) is 0 Å². The third-order valence-corrected chi connectivity index (χ3v) is 7.75. The fraction of sp³-hybridized carbons (Fsp3) is 0.625. The molecule has 38 heavy (non-hydrogen) atoms. The molecular weight excluding hydrogens is 480 g/mol. The van der Waals surface area contributed by atoms with Crippen molar-refractivity contribution in [2.75, 3.05) is 39.6 Å². The number of aliphatic hydroxyl groups is 2. The third-order valence-electron chi connectivity index (χ3n) is 7.75. The van der Waals surface area contributed by atoms with E-state index < -0.39 is 12.2 Å². The van der Waals surface area contributed by atoms with E-state index in [-0.39, 0.29) is 13.2 Å². The summed E-state index contributed by atoms with van der Waals surface area (Å²) in [6.45, 7) is 6.20. The van der Waals surface area contributed by atoms with E-state index in [0.717, 1.165) is 11.5 Å². The summed E-state index contributed by atoms with van der Waals surface area (Å²) in [5.74, 6) is 6.33. The van der Waals surface area contributed by atoms with E-state index in [4.69, 9.17) is 18.9 Å². The van der Waals surface area contributed by atoms with E-state index >= 15 is 0 Å². The highest BCUT2D eigenvalue weighted by Gasteiger charge is 2.48. The maximum atomic E-state index is 9.39. The number of hydrogen-bond acceptors (Lipinski definition) is 6. The number of fused-ring (bicyclic) bond motifs is 5. The van der Waals surface area contributed by atoms with Crippen LogP contribution >= 0.6 is 0 Å². The fourth-order valence-corrected chi connectivity index (χ4v) is 6.04. The predicted molar refractivity (Wildman–Crippen MR) is 151 cm³/mol. The van der Waals surface area contributed by atoms with Crippen molar-refractivity contribution in [2.45, 2.75) is 64.6 Å². The van der Waals surface area contributed by atoms with Crippen LogP contribution in [0.25, 0.3) is 0 Å². The molecule has 2 N–H and O–H groups in total. The molecule has 6 unspecified atom stereocenters. The largest absolute Gasteiger partial charge is 0.491 e. The summed E-state index contributed by atoms with van der Waals surface area (Å²) in [6, 6.07) is 18.8. The van der Waals surface area contributed by atoms with Gasteiger partial charge in [0.1, 0.15) is 36.9 Å². The molecule has 6 heteroatoms. The Labute approximate surface area is 229 Å². The lowest BCUT2D eigenvalue weighted by Crippen LogP contribution is -2.23. The maximum absolute atomic E-state index is 9.39. The summed E-state index contributed by atoms with van der Waals surface area (Å²) in [7, 11) is 0. The molecule has 6 atom stereocenters. The molecular formula is C32H48O6. The Morgan fingerprint density at radius 1 is 0.632 bits per heavy atom. The van der Waals surface area contributed by atoms with Gasteiger partial charge in [0.2, 0.25) is 0 Å². The lowest BCUT2D eigenvalue weighted by Gasteiger charge is -2.23. The van der Waals surface area contributed by atoms with Gasteiger partial charge in [-0.05, 0) is 93.9 Å². The molecule has 212 valence electrons. The Bertz CT molecular complexity index is 778. The summed E-state index contributed by atoms with van der Waals surface area (Å²) in [4.78, 5) is 0. The monoisotopic (exact) mass is 528 g/mol. The van der Waals surface area contributed by atoms with Gasteiger partial charge in [0, 0.05) is 13.2 Å². The molecule has 3 aliphatic rings. The zero-order chi connectivity index (χ0) is 27.0. The first-order chi connectivity index (χ1) is 18.6. The van der Waals surface area contributed by atoms with Crippen molar-refractivity contribution in [1.29, 1.82) is 0 Å². The highest BCUT2D eigenvalue weighted by Crippen LogP contribution is 2.58. The Balaban J connectivity index is 0.000000160. The minimum atomic E-state index is -0.560. The SMILES string of the molecule is C1CC2C3CCC(C3)C2C1.CCOCC(O)COc1ccccc1.CCOCC(O)COc1ccccc1. The van der Waals surface area contributed by atoms with Crippen molar-refractivity contribution >= 4 is 0 Å². The molecule has 6 nitrogen and oxygen atoms in total. The predicted octanol–water partition coefficient (Wildman–Crippen LogP) is 5.76. The molecule has 3 saturated carbocycles. The normalized spacial score (nSPS) is 24.3. The average molecular weight is 529 g/mol. The number of rotatable bonds is 12. The van der Waals surface area contributed by atoms with E-state index in [0.29, 0.717) is 26.4 Å². The topological polar surface area (TPSA) is 77.4 Å². The molecule has 0 amide bonds. The lowest BCUT2D eigenvalue weighted by atomic mass is 9.82. The van der Waals surface area contributed by atoms with Crippen LogP contribution < -0.4 is 9.47 Å². The van der Waals surface area contributed by atoms with Gasteiger partial charge in [-0.1, -0.05) is 42.8 Å². The number of para-hydroxylation sites is 2. The van der Waals surface area contributed by atoms with Gasteiger partial charge in [-0.15, -0.1) is 0 Å². The second-order valence-electron chi connectivity index (χ2n) is 10.5. The molecule has 3 fully saturated rings. The Hall–Kier alpha value is -2.12. The Morgan fingerprint density at radius 2 is 1.05 bits per heavy atom. The van der Waals surface area contributed by atoms with Gasteiger partial charge >= 0.3 is 0 Å². The Morgan fingerprint density at radius 3 is 1.45 bits per heavy atom. The molecule has 0 heterocycles.